The average Bonchev–Trinajstić information content (AvgIpc) is 2.82. The second-order valence-corrected chi connectivity index (χ2v) is 10.2. The largest absolute Gasteiger partial charge is 1.00 e. The second-order valence-electron chi connectivity index (χ2n) is 9.41. The van der Waals surface area contributed by atoms with Gasteiger partial charge in [0.25, 0.3) is 0 Å². The van der Waals surface area contributed by atoms with Crippen LogP contribution in [-0.4, -0.2) is 34.5 Å². The highest BCUT2D eigenvalue weighted by Crippen LogP contribution is 2.65. The lowest BCUT2D eigenvalue weighted by Crippen LogP contribution is -2.54. The molecular weight excluding hydrogens is 356 g/mol. The van der Waals surface area contributed by atoms with Crippen molar-refractivity contribution in [3.05, 3.63) is 0 Å². The first-order valence-corrected chi connectivity index (χ1v) is 11.2. The van der Waals surface area contributed by atoms with Crippen LogP contribution in [0.4, 0.5) is 0 Å². The highest BCUT2D eigenvalue weighted by atomic mass is 32.3. The average molecular weight is 389 g/mol. The van der Waals surface area contributed by atoms with Crippen LogP contribution in [0.5, 0.6) is 0 Å². The zero-order valence-electron chi connectivity index (χ0n) is 17.6. The number of aliphatic hydroxyl groups is 1. The molecule has 1 N–H and O–H groups in total. The maximum atomic E-state index is 12.4. The van der Waals surface area contributed by atoms with E-state index < -0.39 is 10.4 Å². The van der Waals surface area contributed by atoms with Crippen LogP contribution in [0.25, 0.3) is 0 Å². The number of aliphatic hydroxyl groups excluding tert-OH is 1. The van der Waals surface area contributed by atoms with Gasteiger partial charge < -0.3 is 14.2 Å². The third-order valence-electron chi connectivity index (χ3n) is 8.35. The van der Waals surface area contributed by atoms with Crippen molar-refractivity contribution in [2.24, 2.45) is 34.5 Å². The molecule has 0 radical (unpaired) electrons. The molecule has 4 aliphatic rings. The predicted molar refractivity (Wildman–Crippen MR) is 95.4 cm³/mol. The van der Waals surface area contributed by atoms with Gasteiger partial charge in [-0.05, 0) is 80.5 Å². The molecule has 6 nitrogen and oxygen atoms in total. The Labute approximate surface area is 159 Å². The fourth-order valence-electron chi connectivity index (χ4n) is 7.01. The number of fused-ring (bicyclic) bond motifs is 5. The Morgan fingerprint density at radius 3 is 2.35 bits per heavy atom. The van der Waals surface area contributed by atoms with E-state index in [1.165, 1.54) is 25.7 Å². The van der Waals surface area contributed by atoms with Crippen LogP contribution in [0.15, 0.2) is 0 Å². The Kier molecular flexibility index (Phi) is 5.32. The maximum absolute atomic E-state index is 12.4. The number of carbonyl (C=O) groups is 1. The van der Waals surface area contributed by atoms with Gasteiger partial charge in [0.15, 0.2) is 0 Å². The first-order chi connectivity index (χ1) is 11.9. The van der Waals surface area contributed by atoms with Gasteiger partial charge in [-0.3, -0.25) is 13.2 Å². The lowest BCUT2D eigenvalue weighted by atomic mass is 9.45. The molecule has 0 amide bonds. The van der Waals surface area contributed by atoms with Gasteiger partial charge in [-0.15, -0.1) is 0 Å². The van der Waals surface area contributed by atoms with Gasteiger partial charge in [0, 0.05) is 22.2 Å². The normalized spacial score (nSPS) is 47.9. The monoisotopic (exact) mass is 388 g/mol. The number of ketones is 1. The van der Waals surface area contributed by atoms with Crippen LogP contribution in [0.3, 0.4) is 0 Å². The first-order valence-electron chi connectivity index (χ1n) is 9.83. The van der Waals surface area contributed by atoms with E-state index in [1.807, 2.05) is 0 Å². The molecule has 4 fully saturated rings. The first kappa shape index (κ1) is 20.2. The van der Waals surface area contributed by atoms with E-state index in [9.17, 15) is 9.90 Å². The van der Waals surface area contributed by atoms with Crippen LogP contribution < -0.4 is 0 Å². The minimum Gasteiger partial charge on any atom is -0.759 e. The Bertz CT molecular complexity index is 663. The zero-order chi connectivity index (χ0) is 19.3. The summed E-state index contributed by atoms with van der Waals surface area (Å²) in [5.74, 6) is 3.54. The summed E-state index contributed by atoms with van der Waals surface area (Å²) in [5.41, 5.74) is 0.452. The lowest BCUT2D eigenvalue weighted by molar-refractivity contribution is -0.142. The van der Waals surface area contributed by atoms with Crippen molar-refractivity contribution < 1.29 is 30.3 Å². The number of Topliss-reactive ketones (excluding diaryl/α,β-unsaturated/α-hetero) is 1. The summed E-state index contributed by atoms with van der Waals surface area (Å²) in [6, 6.07) is 0. The molecule has 7 heteroatoms. The van der Waals surface area contributed by atoms with Crippen molar-refractivity contribution >= 4 is 16.2 Å². The molecule has 0 aromatic carbocycles. The van der Waals surface area contributed by atoms with Gasteiger partial charge >= 0.3 is 2.85 Å². The smallest absolute Gasteiger partial charge is 0.759 e. The number of hydrogen-bond donors (Lipinski definition) is 1. The highest BCUT2D eigenvalue weighted by Gasteiger charge is 2.60. The standard InChI is InChI=1S/C19H30O2.H2O4S/c1-18-9-7-13(20)11-12(18)3-4-14-15-5-6-17(21)19(15,2)10-8-16(14)18;1-5(2,3)4/h12-16,20H,3-11H2,1-2H3;(H2,1,2,3,4)/t12?,13-,14-,15-,16-,18-,19-;/m0./s1. The molecule has 26 heavy (non-hydrogen) atoms. The zero-order valence-corrected chi connectivity index (χ0v) is 16.5. The third-order valence-corrected chi connectivity index (χ3v) is 8.35. The van der Waals surface area contributed by atoms with Gasteiger partial charge in [0.1, 0.15) is 5.78 Å². The molecule has 4 aliphatic carbocycles. The van der Waals surface area contributed by atoms with Crippen molar-refractivity contribution in [1.29, 1.82) is 0 Å². The summed E-state index contributed by atoms with van der Waals surface area (Å²) < 4.78 is 34.1. The van der Waals surface area contributed by atoms with Gasteiger partial charge in [-0.25, -0.2) is 0 Å². The fraction of sp³-hybridized carbons (Fsp3) is 0.947. The minimum absolute atomic E-state index is 0. The Balaban J connectivity index is 0.000000504. The predicted octanol–water partition coefficient (Wildman–Crippen LogP) is 2.85. The van der Waals surface area contributed by atoms with Crippen molar-refractivity contribution in [3.8, 4) is 0 Å². The molecule has 0 aliphatic heterocycles. The van der Waals surface area contributed by atoms with E-state index >= 15 is 0 Å². The van der Waals surface area contributed by atoms with Crippen LogP contribution in [-0.2, 0) is 15.2 Å². The Morgan fingerprint density at radius 1 is 1.04 bits per heavy atom. The summed E-state index contributed by atoms with van der Waals surface area (Å²) >= 11 is 0. The SMILES string of the molecule is C[C@]12CC[C@H](O)CC1CC[C@@H]1[C@@H]2CC[C@]2(C)C(=O)CC[C@@H]12.O=S(=O)([O-])[O-].[H+].[H+]. The van der Waals surface area contributed by atoms with Gasteiger partial charge in [0.2, 0.25) is 0 Å². The molecule has 0 saturated heterocycles. The molecule has 4 rings (SSSR count). The molecule has 0 aromatic rings. The van der Waals surface area contributed by atoms with E-state index in [4.69, 9.17) is 17.5 Å². The summed E-state index contributed by atoms with van der Waals surface area (Å²) in [6.07, 6.45) is 10.1. The molecule has 0 bridgehead atoms. The van der Waals surface area contributed by atoms with E-state index in [0.29, 0.717) is 17.1 Å². The van der Waals surface area contributed by atoms with Crippen molar-refractivity contribution in [2.75, 3.05) is 0 Å². The van der Waals surface area contributed by atoms with E-state index in [-0.39, 0.29) is 14.4 Å². The molecule has 7 atom stereocenters. The molecule has 1 unspecified atom stereocenters. The minimum atomic E-state index is -5.17. The van der Waals surface area contributed by atoms with E-state index in [2.05, 4.69) is 13.8 Å². The summed E-state index contributed by atoms with van der Waals surface area (Å²) in [6.45, 7) is 4.78. The molecule has 4 saturated carbocycles. The molecule has 0 heterocycles. The number of hydrogen-bond acceptors (Lipinski definition) is 6. The van der Waals surface area contributed by atoms with Crippen molar-refractivity contribution in [3.63, 3.8) is 0 Å². The van der Waals surface area contributed by atoms with Gasteiger partial charge in [0.05, 0.1) is 6.10 Å². The molecular formula is C19H32O6S. The summed E-state index contributed by atoms with van der Waals surface area (Å²) in [7, 11) is -5.17. The third kappa shape index (κ3) is 3.60. The molecule has 0 aromatic heterocycles. The van der Waals surface area contributed by atoms with Crippen LogP contribution in [0, 0.1) is 34.5 Å². The quantitative estimate of drug-likeness (QED) is 0.503. The fourth-order valence-corrected chi connectivity index (χ4v) is 7.01. The lowest BCUT2D eigenvalue weighted by Gasteiger charge is -2.60. The maximum Gasteiger partial charge on any atom is 1.00 e. The molecule has 0 spiro atoms. The van der Waals surface area contributed by atoms with Gasteiger partial charge in [-0.2, -0.15) is 0 Å². The van der Waals surface area contributed by atoms with Crippen LogP contribution in [0.2, 0.25) is 0 Å². The second kappa shape index (κ2) is 6.83. The highest BCUT2D eigenvalue weighted by molar-refractivity contribution is 7.79. The molecule has 150 valence electrons. The number of carbonyl (C=O) groups excluding carboxylic acids is 1. The van der Waals surface area contributed by atoms with Crippen LogP contribution >= 0.6 is 0 Å². The van der Waals surface area contributed by atoms with Crippen molar-refractivity contribution in [1.82, 2.24) is 0 Å². The van der Waals surface area contributed by atoms with Gasteiger partial charge in [-0.1, -0.05) is 13.8 Å². The Hall–Kier alpha value is -0.500. The summed E-state index contributed by atoms with van der Waals surface area (Å²) in [5, 5.41) is 10.0. The van der Waals surface area contributed by atoms with Crippen LogP contribution in [0.1, 0.15) is 74.5 Å². The topological polar surface area (TPSA) is 118 Å². The van der Waals surface area contributed by atoms with Crippen molar-refractivity contribution in [2.45, 2.75) is 77.7 Å². The Morgan fingerprint density at radius 2 is 1.69 bits per heavy atom. The summed E-state index contributed by atoms with van der Waals surface area (Å²) in [4.78, 5) is 12.4. The number of rotatable bonds is 0. The van der Waals surface area contributed by atoms with E-state index in [0.717, 1.165) is 49.9 Å². The van der Waals surface area contributed by atoms with E-state index in [1.54, 1.807) is 0 Å².